The smallest absolute Gasteiger partial charge is 0.162 e. The van der Waals surface area contributed by atoms with Crippen LogP contribution in [0.5, 0.6) is 23.0 Å². The van der Waals surface area contributed by atoms with Crippen LogP contribution < -0.4 is 23.8 Å². The number of anilines is 1. The quantitative estimate of drug-likeness (QED) is 0.276. The Balaban J connectivity index is 1.46. The zero-order valence-electron chi connectivity index (χ0n) is 28.6. The van der Waals surface area contributed by atoms with E-state index in [4.69, 9.17) is 30.5 Å². The molecule has 0 N–H and O–H groups in total. The van der Waals surface area contributed by atoms with Gasteiger partial charge in [-0.1, -0.05) is 57.5 Å². The Kier molecular flexibility index (Phi) is 9.24. The molecular weight excluding hydrogens is 582 g/mol. The molecule has 3 aliphatic rings. The first-order valence-corrected chi connectivity index (χ1v) is 16.4. The van der Waals surface area contributed by atoms with Gasteiger partial charge in [-0.15, -0.1) is 0 Å². The molecule has 1 aliphatic heterocycles. The van der Waals surface area contributed by atoms with Crippen LogP contribution in [0.2, 0.25) is 0 Å². The second kappa shape index (κ2) is 12.7. The zero-order chi connectivity index (χ0) is 32.7. The van der Waals surface area contributed by atoms with Crippen molar-refractivity contribution in [3.8, 4) is 23.0 Å². The maximum atomic E-state index is 7.14. The minimum Gasteiger partial charge on any atom is -0.493 e. The van der Waals surface area contributed by atoms with E-state index in [1.54, 1.807) is 14.2 Å². The molecule has 0 saturated carbocycles. The number of likely N-dealkylation sites (N-methyl/N-ethyl adjacent to an activating group) is 1. The summed E-state index contributed by atoms with van der Waals surface area (Å²) in [5.41, 5.74) is 10.6. The van der Waals surface area contributed by atoms with Gasteiger partial charge in [0.25, 0.3) is 0 Å². The molecule has 6 heteroatoms. The van der Waals surface area contributed by atoms with Crippen LogP contribution in [-0.4, -0.2) is 34.5 Å². The minimum absolute atomic E-state index is 0.169. The van der Waals surface area contributed by atoms with Gasteiger partial charge in [0.05, 0.1) is 27.4 Å². The van der Waals surface area contributed by atoms with Gasteiger partial charge < -0.3 is 23.8 Å². The van der Waals surface area contributed by atoms with Crippen molar-refractivity contribution in [1.82, 2.24) is 0 Å². The minimum atomic E-state index is -0.204. The van der Waals surface area contributed by atoms with Gasteiger partial charge in [0.2, 0.25) is 0 Å². The Hall–Kier alpha value is -3.57. The Labute approximate surface area is 274 Å². The molecule has 240 valence electrons. The highest BCUT2D eigenvalue weighted by Crippen LogP contribution is 2.52. The normalized spacial score (nSPS) is 20.4. The second-order valence-corrected chi connectivity index (χ2v) is 13.4. The predicted octanol–water partition coefficient (Wildman–Crippen LogP) is 10.0. The molecule has 5 rings (SSSR count). The number of halogens is 1. The third kappa shape index (κ3) is 5.69. The van der Waals surface area contributed by atoms with Crippen LogP contribution in [0.4, 0.5) is 5.69 Å². The number of ether oxygens (including phenoxy) is 4. The van der Waals surface area contributed by atoms with E-state index in [2.05, 4.69) is 95.1 Å². The number of hydrogen-bond donors (Lipinski definition) is 0. The monoisotopic (exact) mass is 629 g/mol. The van der Waals surface area contributed by atoms with E-state index in [-0.39, 0.29) is 10.8 Å². The SMILES string of the molecule is CCOc1cc2c(cc1OC)C(C)=C(/C=C/C1=C(Cl)C(=C/C=C3\N(C)c4cc(OC)c(OCC)cc4C3(C)C)CCC1)C2(C)C. The molecule has 0 fully saturated rings. The summed E-state index contributed by atoms with van der Waals surface area (Å²) in [5, 5.41) is 0.859. The van der Waals surface area contributed by atoms with Crippen molar-refractivity contribution in [1.29, 1.82) is 0 Å². The molecule has 0 aromatic heterocycles. The molecule has 5 nitrogen and oxygen atoms in total. The second-order valence-electron chi connectivity index (χ2n) is 13.1. The molecule has 0 bridgehead atoms. The number of benzene rings is 2. The van der Waals surface area contributed by atoms with Gasteiger partial charge in [-0.05, 0) is 103 Å². The van der Waals surface area contributed by atoms with Crippen molar-refractivity contribution in [2.75, 3.05) is 39.4 Å². The first kappa shape index (κ1) is 32.8. The van der Waals surface area contributed by atoms with Crippen LogP contribution in [-0.2, 0) is 10.8 Å². The zero-order valence-corrected chi connectivity index (χ0v) is 29.4. The van der Waals surface area contributed by atoms with Crippen LogP contribution in [0.25, 0.3) is 5.57 Å². The summed E-state index contributed by atoms with van der Waals surface area (Å²) in [6.07, 6.45) is 11.9. The lowest BCUT2D eigenvalue weighted by Gasteiger charge is -2.25. The number of hydrogen-bond acceptors (Lipinski definition) is 5. The van der Waals surface area contributed by atoms with Crippen molar-refractivity contribution in [3.63, 3.8) is 0 Å². The molecule has 0 amide bonds. The van der Waals surface area contributed by atoms with Gasteiger partial charge in [0, 0.05) is 40.4 Å². The van der Waals surface area contributed by atoms with Crippen molar-refractivity contribution in [2.24, 2.45) is 0 Å². The first-order valence-electron chi connectivity index (χ1n) is 16.0. The Morgan fingerprint density at radius 2 is 1.42 bits per heavy atom. The summed E-state index contributed by atoms with van der Waals surface area (Å²) in [7, 11) is 5.51. The predicted molar refractivity (Wildman–Crippen MR) is 187 cm³/mol. The molecule has 0 spiro atoms. The fraction of sp³-hybridized carbons (Fsp3) is 0.436. The van der Waals surface area contributed by atoms with E-state index in [0.29, 0.717) is 13.2 Å². The Morgan fingerprint density at radius 1 is 0.800 bits per heavy atom. The average Bonchev–Trinajstić information content (AvgIpc) is 3.31. The van der Waals surface area contributed by atoms with E-state index in [1.165, 1.54) is 44.7 Å². The lowest BCUT2D eigenvalue weighted by Crippen LogP contribution is -2.22. The van der Waals surface area contributed by atoms with Crippen LogP contribution in [0.15, 0.2) is 76.0 Å². The molecule has 2 aromatic rings. The number of allylic oxidation sites excluding steroid dienone is 10. The summed E-state index contributed by atoms with van der Waals surface area (Å²) in [6, 6.07) is 8.48. The lowest BCUT2D eigenvalue weighted by molar-refractivity contribution is 0.310. The molecular formula is C39H48ClNO4. The Bertz CT molecular complexity index is 1650. The number of methoxy groups -OCH3 is 2. The third-order valence-electron chi connectivity index (χ3n) is 9.73. The van der Waals surface area contributed by atoms with E-state index in [0.717, 1.165) is 53.0 Å². The van der Waals surface area contributed by atoms with E-state index < -0.39 is 0 Å². The number of fused-ring (bicyclic) bond motifs is 2. The fourth-order valence-electron chi connectivity index (χ4n) is 7.24. The Morgan fingerprint density at radius 3 is 2.04 bits per heavy atom. The molecule has 0 radical (unpaired) electrons. The van der Waals surface area contributed by atoms with Gasteiger partial charge >= 0.3 is 0 Å². The molecule has 1 heterocycles. The molecule has 0 unspecified atom stereocenters. The fourth-order valence-corrected chi connectivity index (χ4v) is 7.56. The molecule has 2 aromatic carbocycles. The summed E-state index contributed by atoms with van der Waals surface area (Å²) >= 11 is 7.14. The number of rotatable bonds is 9. The maximum Gasteiger partial charge on any atom is 0.162 e. The summed E-state index contributed by atoms with van der Waals surface area (Å²) in [5.74, 6) is 3.09. The van der Waals surface area contributed by atoms with Crippen molar-refractivity contribution in [2.45, 2.75) is 78.6 Å². The topological polar surface area (TPSA) is 40.2 Å². The highest BCUT2D eigenvalue weighted by molar-refractivity contribution is 6.32. The van der Waals surface area contributed by atoms with Gasteiger partial charge in [-0.25, -0.2) is 0 Å². The van der Waals surface area contributed by atoms with Crippen molar-refractivity contribution < 1.29 is 18.9 Å². The van der Waals surface area contributed by atoms with Gasteiger partial charge in [0.1, 0.15) is 0 Å². The molecule has 45 heavy (non-hydrogen) atoms. The molecule has 0 saturated heterocycles. The van der Waals surface area contributed by atoms with Crippen LogP contribution in [0.3, 0.4) is 0 Å². The van der Waals surface area contributed by atoms with Crippen LogP contribution in [0, 0.1) is 0 Å². The van der Waals surface area contributed by atoms with Crippen molar-refractivity contribution >= 4 is 22.9 Å². The van der Waals surface area contributed by atoms with E-state index in [1.807, 2.05) is 13.8 Å². The standard InChI is InChI=1S/C39H48ClNO4/c1-11-44-34-21-29-27(20-32(34)42-9)24(3)28(38(29,4)5)18-16-25-14-13-15-26(37(25)40)17-19-36-39(6,7)30-22-35(45-12-2)33(43-10)23-31(30)41(36)8/h16-23H,11-15H2,1-10H3/b18-16+,26-17?,36-19-. The highest BCUT2D eigenvalue weighted by atomic mass is 35.5. The third-order valence-corrected chi connectivity index (χ3v) is 10.2. The van der Waals surface area contributed by atoms with E-state index >= 15 is 0 Å². The molecule has 2 aliphatic carbocycles. The summed E-state index contributed by atoms with van der Waals surface area (Å²) in [4.78, 5) is 2.26. The van der Waals surface area contributed by atoms with Gasteiger partial charge in [0.15, 0.2) is 23.0 Å². The van der Waals surface area contributed by atoms with Gasteiger partial charge in [-0.2, -0.15) is 0 Å². The van der Waals surface area contributed by atoms with Crippen molar-refractivity contribution in [3.05, 3.63) is 92.7 Å². The number of nitrogens with zero attached hydrogens (tertiary/aromatic N) is 1. The largest absolute Gasteiger partial charge is 0.493 e. The summed E-state index contributed by atoms with van der Waals surface area (Å²) in [6.45, 7) is 16.5. The van der Waals surface area contributed by atoms with E-state index in [9.17, 15) is 0 Å². The highest BCUT2D eigenvalue weighted by Gasteiger charge is 2.40. The maximum absolute atomic E-state index is 7.14. The average molecular weight is 630 g/mol. The first-order chi connectivity index (χ1) is 21.4. The lowest BCUT2D eigenvalue weighted by atomic mass is 9.80. The molecule has 0 atom stereocenters. The summed E-state index contributed by atoms with van der Waals surface area (Å²) < 4.78 is 23.1. The van der Waals surface area contributed by atoms with Crippen LogP contribution in [0.1, 0.15) is 84.4 Å². The van der Waals surface area contributed by atoms with Gasteiger partial charge in [-0.3, -0.25) is 0 Å². The van der Waals surface area contributed by atoms with Crippen LogP contribution >= 0.6 is 11.6 Å².